The number of aliphatic hydroxyl groups is 2. The first-order valence-corrected chi connectivity index (χ1v) is 41.3. The van der Waals surface area contributed by atoms with Crippen molar-refractivity contribution in [2.45, 2.75) is 168 Å². The van der Waals surface area contributed by atoms with E-state index in [0.717, 1.165) is 57.9 Å². The number of carbonyl (C=O) groups excluding carboxylic acids is 4. The second-order valence-corrected chi connectivity index (χ2v) is 34.4. The lowest BCUT2D eigenvalue weighted by Gasteiger charge is -2.29. The molecule has 0 radical (unpaired) electrons. The second-order valence-electron chi connectivity index (χ2n) is 32.9. The topological polar surface area (TPSA) is 246 Å². The van der Waals surface area contributed by atoms with Gasteiger partial charge in [0, 0.05) is 51.8 Å². The number of pyridine rings is 1. The Balaban J connectivity index is 0.000000149. The van der Waals surface area contributed by atoms with Crippen LogP contribution in [0, 0.1) is 59.9 Å². The number of rotatable bonds is 19. The zero-order chi connectivity index (χ0) is 88.4. The number of aromatic nitrogens is 1. The average Bonchev–Trinajstić information content (AvgIpc) is 1.60. The summed E-state index contributed by atoms with van der Waals surface area (Å²) in [6, 6.07) is 47.0. The van der Waals surface area contributed by atoms with E-state index in [9.17, 15) is 29.4 Å². The maximum Gasteiger partial charge on any atom is 0.259 e. The van der Waals surface area contributed by atoms with Crippen LogP contribution in [0.15, 0.2) is 164 Å². The number of hydrogen-bond acceptors (Lipinski definition) is 18. The van der Waals surface area contributed by atoms with Crippen LogP contribution in [0.25, 0.3) is 19.4 Å². The Morgan fingerprint density at radius 1 is 0.459 bits per heavy atom. The SMILES string of the molecule is [C-]#[N+]c1ccc(N2C(=O)C(C)(C)N(c3ccc(OCC4(N)CC4)nc3)C2=S)cc1C.[C-]#[N+]c1ccc(N2C(=O)C(C)(C)N(c3ccc(OC[C@H](O)CC)cc3)C2=S)cc1C.[C-]#[N+]c1ccc(N2C(=O)C(C)(C)N(c3ccc(O[C@@H]4COC[C@H]4O)cc3)C2=S)cc1C.[C-]#[N+]c1ccc(N2C(=O)C(C)(C)N(c3ccc(O[C@H]4COC[C@@H]4C)cc3)C2=S)cc1C. The van der Waals surface area contributed by atoms with Crippen molar-refractivity contribution in [3.05, 3.63) is 232 Å². The standard InChI is InChI=1S/C24H25N3O3S.C23H23N3O4S.C23H25N3O3S.C22H23N5O2S/c1-15-12-18(8-11-20(15)25-5)26-22(28)24(3,4)27(23(26)31)17-6-9-19(10-7-17)30-21-14-29-13-16(21)2;1-14-11-16(7-10-18(14)24-4)25-21(28)23(2,3)26(22(25)31)15-5-8-17(9-6-15)30-20-13-29-12-19(20)27;1-6-18(27)14-29-19-10-7-16(8-11-19)26-22(30)25(21(28)23(26,3)4)17-9-12-20(24-5)15(2)13-17;1-14-11-15(5-7-17(14)24-4)26-19(28)21(2,3)27(20(26)30)16-6-8-18(25-12-16)29-13-22(23)9-10-22/h6-12,16,21H,13-14H2,1-4H3;5-11,19-20,27H,12-13H2,1-3H3;7-13,18,27H,6,14H2,1-4H3;5-8,11-12H,9-10,13,23H2,1-3H3/t16-,21-;19-,20-;18-;/m011./s1. The van der Waals surface area contributed by atoms with Crippen molar-refractivity contribution in [1.29, 1.82) is 0 Å². The third-order valence-corrected chi connectivity index (χ3v) is 23.8. The predicted molar refractivity (Wildman–Crippen MR) is 489 cm³/mol. The van der Waals surface area contributed by atoms with Crippen LogP contribution in [-0.2, 0) is 28.7 Å². The van der Waals surface area contributed by atoms with E-state index in [2.05, 4.69) is 31.3 Å². The fourth-order valence-corrected chi connectivity index (χ4v) is 16.8. The molecule has 1 aliphatic carbocycles. The van der Waals surface area contributed by atoms with Gasteiger partial charge in [0.2, 0.25) is 5.88 Å². The van der Waals surface area contributed by atoms with Crippen molar-refractivity contribution >= 4 is 161 Å². The first-order chi connectivity index (χ1) is 57.8. The van der Waals surface area contributed by atoms with Gasteiger partial charge in [-0.25, -0.2) is 24.4 Å². The molecule has 8 aromatic rings. The molecule has 6 aliphatic heterocycles. The van der Waals surface area contributed by atoms with E-state index in [1.165, 1.54) is 14.7 Å². The van der Waals surface area contributed by atoms with Crippen LogP contribution < -0.4 is 63.9 Å². The van der Waals surface area contributed by atoms with Gasteiger partial charge in [-0.15, -0.1) is 0 Å². The maximum absolute atomic E-state index is 13.3. The lowest BCUT2D eigenvalue weighted by atomic mass is 10.0. The van der Waals surface area contributed by atoms with Crippen LogP contribution in [0.5, 0.6) is 23.1 Å². The highest BCUT2D eigenvalue weighted by atomic mass is 32.1. The molecule has 30 heteroatoms. The Bertz CT molecular complexity index is 5430. The summed E-state index contributed by atoms with van der Waals surface area (Å²) < 4.78 is 33.8. The third kappa shape index (κ3) is 18.0. The highest BCUT2D eigenvalue weighted by molar-refractivity contribution is 7.81. The predicted octanol–water partition coefficient (Wildman–Crippen LogP) is 16.8. The molecule has 6 saturated heterocycles. The summed E-state index contributed by atoms with van der Waals surface area (Å²) in [5, 5.41) is 21.1. The van der Waals surface area contributed by atoms with E-state index in [-0.39, 0.29) is 48.5 Å². The van der Waals surface area contributed by atoms with Gasteiger partial charge >= 0.3 is 0 Å². The second kappa shape index (κ2) is 36.0. The average molecular weight is 1720 g/mol. The van der Waals surface area contributed by atoms with Gasteiger partial charge in [0.15, 0.2) is 43.2 Å². The monoisotopic (exact) mass is 1720 g/mol. The smallest absolute Gasteiger partial charge is 0.259 e. The van der Waals surface area contributed by atoms with Crippen LogP contribution in [0.2, 0.25) is 0 Å². The van der Waals surface area contributed by atoms with Gasteiger partial charge in [-0.1, -0.05) is 38.1 Å². The minimum atomic E-state index is -0.888. The molecular formula is C92H96N14O12S4. The molecule has 1 aromatic heterocycles. The number of ether oxygens (including phenoxy) is 6. The van der Waals surface area contributed by atoms with E-state index < -0.39 is 40.5 Å². The summed E-state index contributed by atoms with van der Waals surface area (Å²) in [7, 11) is 0. The van der Waals surface area contributed by atoms with Gasteiger partial charge in [0.25, 0.3) is 23.6 Å². The van der Waals surface area contributed by atoms with Crippen molar-refractivity contribution in [2.75, 3.05) is 78.8 Å². The number of amides is 4. The number of carbonyl (C=O) groups is 4. The van der Waals surface area contributed by atoms with Gasteiger partial charge in [0.1, 0.15) is 70.9 Å². The van der Waals surface area contributed by atoms with Crippen molar-refractivity contribution in [3.8, 4) is 23.1 Å². The van der Waals surface area contributed by atoms with Crippen LogP contribution in [0.3, 0.4) is 0 Å². The number of nitrogens with zero attached hydrogens (tertiary/aromatic N) is 13. The quantitative estimate of drug-likeness (QED) is 0.0503. The molecule has 1 saturated carbocycles. The summed E-state index contributed by atoms with van der Waals surface area (Å²) >= 11 is 22.8. The molecule has 7 fully saturated rings. The molecular weight excluding hydrogens is 1620 g/mol. The van der Waals surface area contributed by atoms with Crippen molar-refractivity contribution in [3.63, 3.8) is 0 Å². The van der Waals surface area contributed by atoms with Crippen molar-refractivity contribution < 1.29 is 57.8 Å². The molecule has 7 aliphatic rings. The summed E-state index contributed by atoms with van der Waals surface area (Å²) in [6.07, 6.45) is 2.73. The van der Waals surface area contributed by atoms with Gasteiger partial charge in [-0.05, 0) is 301 Å². The largest absolute Gasteiger partial charge is 0.491 e. The molecule has 7 heterocycles. The number of aliphatic hydroxyl groups excluding tert-OH is 2. The Morgan fingerprint density at radius 3 is 1.06 bits per heavy atom. The molecule has 4 N–H and O–H groups in total. The fourth-order valence-electron chi connectivity index (χ4n) is 14.7. The Hall–Kier alpha value is -11.9. The van der Waals surface area contributed by atoms with Crippen LogP contribution in [0.1, 0.15) is 111 Å². The van der Waals surface area contributed by atoms with E-state index in [1.54, 1.807) is 94.9 Å². The van der Waals surface area contributed by atoms with Crippen LogP contribution in [-0.4, -0.2) is 151 Å². The number of aryl methyl sites for hydroxylation is 4. The highest BCUT2D eigenvalue weighted by Crippen LogP contribution is 2.45. The Labute approximate surface area is 733 Å². The van der Waals surface area contributed by atoms with Gasteiger partial charge in [-0.3, -0.25) is 38.8 Å². The molecule has 122 heavy (non-hydrogen) atoms. The highest BCUT2D eigenvalue weighted by Gasteiger charge is 2.54. The number of nitrogens with two attached hydrogens (primary N) is 1. The Morgan fingerprint density at radius 2 is 0.770 bits per heavy atom. The maximum atomic E-state index is 13.3. The van der Waals surface area contributed by atoms with Gasteiger partial charge < -0.3 is 64.0 Å². The number of thiocarbonyl (C=S) groups is 4. The third-order valence-electron chi connectivity index (χ3n) is 22.4. The zero-order valence-electron chi connectivity index (χ0n) is 70.3. The molecule has 5 atom stereocenters. The van der Waals surface area contributed by atoms with Crippen LogP contribution >= 0.6 is 48.9 Å². The molecule has 4 amide bonds. The normalized spacial score (nSPS) is 20.3. The molecule has 0 unspecified atom stereocenters. The molecule has 0 bridgehead atoms. The van der Waals surface area contributed by atoms with Gasteiger partial charge in [-0.2, -0.15) is 0 Å². The molecule has 7 aromatic carbocycles. The molecule has 26 nitrogen and oxygen atoms in total. The van der Waals surface area contributed by atoms with Crippen LogP contribution in [0.4, 0.5) is 68.2 Å². The van der Waals surface area contributed by atoms with E-state index in [0.29, 0.717) is 128 Å². The van der Waals surface area contributed by atoms with E-state index in [4.69, 9.17) is 109 Å². The summed E-state index contributed by atoms with van der Waals surface area (Å²) in [6.45, 7) is 57.7. The minimum Gasteiger partial charge on any atom is -0.491 e. The Kier molecular flexibility index (Phi) is 26.4. The summed E-state index contributed by atoms with van der Waals surface area (Å²) in [5.41, 5.74) is 13.4. The zero-order valence-corrected chi connectivity index (χ0v) is 73.6. The number of hydrogen-bond donors (Lipinski definition) is 3. The fraction of sp³-hybridized carbons (Fsp3) is 0.359. The molecule has 630 valence electrons. The first kappa shape index (κ1) is 89.4. The summed E-state index contributed by atoms with van der Waals surface area (Å²) in [4.78, 5) is 84.9. The van der Waals surface area contributed by atoms with Gasteiger partial charge in [0.05, 0.1) is 76.2 Å². The van der Waals surface area contributed by atoms with E-state index in [1.807, 2.05) is 184 Å². The molecule has 0 spiro atoms. The van der Waals surface area contributed by atoms with E-state index >= 15 is 0 Å². The van der Waals surface area contributed by atoms with Crippen molar-refractivity contribution in [2.24, 2.45) is 11.7 Å². The lowest BCUT2D eigenvalue weighted by molar-refractivity contribution is -0.121. The number of anilines is 8. The number of benzene rings is 7. The first-order valence-electron chi connectivity index (χ1n) is 39.7. The van der Waals surface area contributed by atoms with Crippen molar-refractivity contribution in [1.82, 2.24) is 4.98 Å². The molecule has 15 rings (SSSR count). The summed E-state index contributed by atoms with van der Waals surface area (Å²) in [5.74, 6) is 2.35. The lowest BCUT2D eigenvalue weighted by Crippen LogP contribution is -2.44. The minimum absolute atomic E-state index is 0.0499.